The van der Waals surface area contributed by atoms with Crippen LogP contribution >= 0.6 is 23.6 Å². The van der Waals surface area contributed by atoms with Crippen molar-refractivity contribution in [3.05, 3.63) is 11.2 Å². The molecule has 1 rings (SSSR count). The quantitative estimate of drug-likeness (QED) is 0.792. The molecule has 0 bridgehead atoms. The maximum atomic E-state index is 11.9. The average Bonchev–Trinajstić information content (AvgIpc) is 2.63. The summed E-state index contributed by atoms with van der Waals surface area (Å²) in [7, 11) is -3.52. The van der Waals surface area contributed by atoms with Crippen LogP contribution in [0.1, 0.15) is 18.9 Å². The highest BCUT2D eigenvalue weighted by atomic mass is 32.2. The van der Waals surface area contributed by atoms with Gasteiger partial charge in [-0.2, -0.15) is 0 Å². The Hall–Kier alpha value is -0.570. The summed E-state index contributed by atoms with van der Waals surface area (Å²) >= 11 is 6.00. The molecule has 17 heavy (non-hydrogen) atoms. The second-order valence-corrected chi connectivity index (χ2v) is 7.94. The third kappa shape index (κ3) is 3.70. The Balaban J connectivity index is 2.79. The van der Waals surface area contributed by atoms with E-state index in [1.54, 1.807) is 20.8 Å². The number of thiocarbonyl (C=S) groups is 1. The van der Waals surface area contributed by atoms with Gasteiger partial charge in [0.15, 0.2) is 4.21 Å². The maximum Gasteiger partial charge on any atom is 0.251 e. The van der Waals surface area contributed by atoms with Crippen LogP contribution in [-0.2, 0) is 10.0 Å². The van der Waals surface area contributed by atoms with Gasteiger partial charge < -0.3 is 5.73 Å². The van der Waals surface area contributed by atoms with Crippen molar-refractivity contribution >= 4 is 38.6 Å². The van der Waals surface area contributed by atoms with Gasteiger partial charge >= 0.3 is 0 Å². The van der Waals surface area contributed by atoms with Crippen molar-refractivity contribution in [3.63, 3.8) is 0 Å². The lowest BCUT2D eigenvalue weighted by Gasteiger charge is -2.22. The Morgan fingerprint density at radius 3 is 2.65 bits per heavy atom. The minimum atomic E-state index is -3.52. The first kappa shape index (κ1) is 14.5. The van der Waals surface area contributed by atoms with E-state index in [0.29, 0.717) is 5.01 Å². The van der Waals surface area contributed by atoms with E-state index in [-0.39, 0.29) is 15.7 Å². The Bertz CT molecular complexity index is 519. The molecule has 0 fully saturated rings. The zero-order valence-electron chi connectivity index (χ0n) is 9.85. The lowest BCUT2D eigenvalue weighted by atomic mass is 9.94. The Morgan fingerprint density at radius 1 is 1.65 bits per heavy atom. The first-order valence-corrected chi connectivity index (χ1v) is 7.58. The topological polar surface area (TPSA) is 85.1 Å². The molecule has 0 aromatic carbocycles. The molecule has 0 saturated heterocycles. The predicted octanol–water partition coefficient (Wildman–Crippen LogP) is 1.04. The summed E-state index contributed by atoms with van der Waals surface area (Å²) in [5.41, 5.74) is 4.98. The molecule has 5 nitrogen and oxygen atoms in total. The number of sulfonamides is 1. The Kier molecular flexibility index (Phi) is 4.23. The number of rotatable bonds is 5. The van der Waals surface area contributed by atoms with Gasteiger partial charge in [0.05, 0.1) is 16.2 Å². The van der Waals surface area contributed by atoms with Crippen molar-refractivity contribution in [1.82, 2.24) is 9.71 Å². The van der Waals surface area contributed by atoms with Crippen molar-refractivity contribution in [2.75, 3.05) is 6.54 Å². The van der Waals surface area contributed by atoms with Gasteiger partial charge in [-0.3, -0.25) is 0 Å². The number of nitrogens with zero attached hydrogens (tertiary/aromatic N) is 1. The van der Waals surface area contributed by atoms with E-state index >= 15 is 0 Å². The van der Waals surface area contributed by atoms with Gasteiger partial charge in [-0.1, -0.05) is 26.1 Å². The number of hydrogen-bond acceptors (Lipinski definition) is 5. The third-order valence-corrected chi connectivity index (χ3v) is 5.56. The van der Waals surface area contributed by atoms with Crippen LogP contribution in [0, 0.1) is 12.3 Å². The first-order chi connectivity index (χ1) is 7.65. The summed E-state index contributed by atoms with van der Waals surface area (Å²) < 4.78 is 26.5. The zero-order chi connectivity index (χ0) is 13.3. The molecule has 8 heteroatoms. The van der Waals surface area contributed by atoms with Crippen LogP contribution in [0.4, 0.5) is 0 Å². The molecule has 1 heterocycles. The highest BCUT2D eigenvalue weighted by Gasteiger charge is 2.25. The molecule has 1 aromatic rings. The highest BCUT2D eigenvalue weighted by molar-refractivity contribution is 7.91. The number of aromatic nitrogens is 1. The molecule has 0 spiro atoms. The fraction of sp³-hybridized carbons (Fsp3) is 0.556. The SMILES string of the molecule is Cc1ncc(S(=O)(=O)NCC(C)(C)C(N)=S)s1. The second kappa shape index (κ2) is 4.97. The molecule has 0 atom stereocenters. The Morgan fingerprint density at radius 2 is 2.24 bits per heavy atom. The number of nitrogens with two attached hydrogens (primary N) is 1. The second-order valence-electron chi connectivity index (χ2n) is 4.27. The van der Waals surface area contributed by atoms with Crippen molar-refractivity contribution in [1.29, 1.82) is 0 Å². The van der Waals surface area contributed by atoms with Crippen LogP contribution in [0.3, 0.4) is 0 Å². The van der Waals surface area contributed by atoms with Crippen LogP contribution in [-0.4, -0.2) is 24.9 Å². The first-order valence-electron chi connectivity index (χ1n) is 4.87. The minimum Gasteiger partial charge on any atom is -0.393 e. The Labute approximate surface area is 110 Å². The third-order valence-electron chi connectivity index (χ3n) is 2.24. The van der Waals surface area contributed by atoms with Crippen molar-refractivity contribution in [2.24, 2.45) is 11.1 Å². The van der Waals surface area contributed by atoms with E-state index in [1.165, 1.54) is 6.20 Å². The molecule has 0 radical (unpaired) electrons. The molecule has 0 aliphatic heterocycles. The summed E-state index contributed by atoms with van der Waals surface area (Å²) in [6.07, 6.45) is 1.34. The van der Waals surface area contributed by atoms with Crippen LogP contribution in [0.5, 0.6) is 0 Å². The molecule has 0 unspecified atom stereocenters. The van der Waals surface area contributed by atoms with Gasteiger partial charge in [-0.05, 0) is 6.92 Å². The predicted molar refractivity (Wildman–Crippen MR) is 72.6 cm³/mol. The van der Waals surface area contributed by atoms with Gasteiger partial charge in [-0.15, -0.1) is 11.3 Å². The van der Waals surface area contributed by atoms with Crippen LogP contribution < -0.4 is 10.5 Å². The molecular formula is C9H15N3O2S3. The monoisotopic (exact) mass is 293 g/mol. The number of thiazole rings is 1. The molecule has 0 aliphatic rings. The molecule has 0 aliphatic carbocycles. The summed E-state index contributed by atoms with van der Waals surface area (Å²) in [5.74, 6) is 0. The summed E-state index contributed by atoms with van der Waals surface area (Å²) in [4.78, 5) is 4.19. The van der Waals surface area contributed by atoms with E-state index in [0.717, 1.165) is 11.3 Å². The van der Waals surface area contributed by atoms with Crippen molar-refractivity contribution in [2.45, 2.75) is 25.0 Å². The average molecular weight is 293 g/mol. The van der Waals surface area contributed by atoms with Crippen molar-refractivity contribution in [3.8, 4) is 0 Å². The van der Waals surface area contributed by atoms with Gasteiger partial charge in [0, 0.05) is 12.0 Å². The standard InChI is InChI=1S/C9H15N3O2S3/c1-6-11-4-7(16-6)17(13,14)12-5-9(2,3)8(10)15/h4,12H,5H2,1-3H3,(H2,10,15). The molecule has 0 saturated carbocycles. The van der Waals surface area contributed by atoms with Gasteiger partial charge in [0.2, 0.25) is 0 Å². The van der Waals surface area contributed by atoms with E-state index < -0.39 is 15.4 Å². The smallest absolute Gasteiger partial charge is 0.251 e. The summed E-state index contributed by atoms with van der Waals surface area (Å²) in [6.45, 7) is 5.50. The minimum absolute atomic E-state index is 0.168. The lowest BCUT2D eigenvalue weighted by molar-refractivity contribution is 0.502. The zero-order valence-corrected chi connectivity index (χ0v) is 12.3. The number of aryl methyl sites for hydroxylation is 1. The van der Waals surface area contributed by atoms with E-state index in [4.69, 9.17) is 18.0 Å². The van der Waals surface area contributed by atoms with E-state index in [1.807, 2.05) is 0 Å². The van der Waals surface area contributed by atoms with E-state index in [2.05, 4.69) is 9.71 Å². The molecule has 96 valence electrons. The normalized spacial score (nSPS) is 12.6. The largest absolute Gasteiger partial charge is 0.393 e. The van der Waals surface area contributed by atoms with Crippen LogP contribution in [0.15, 0.2) is 10.4 Å². The molecule has 3 N–H and O–H groups in total. The van der Waals surface area contributed by atoms with Crippen LogP contribution in [0.2, 0.25) is 0 Å². The lowest BCUT2D eigenvalue weighted by Crippen LogP contribution is -2.41. The summed E-state index contributed by atoms with van der Waals surface area (Å²) in [6, 6.07) is 0. The van der Waals surface area contributed by atoms with Crippen molar-refractivity contribution < 1.29 is 8.42 Å². The molecular weight excluding hydrogens is 278 g/mol. The summed E-state index contributed by atoms with van der Waals surface area (Å²) in [5, 5.41) is 0.707. The van der Waals surface area contributed by atoms with E-state index in [9.17, 15) is 8.42 Å². The van der Waals surface area contributed by atoms with Gasteiger partial charge in [-0.25, -0.2) is 18.1 Å². The highest BCUT2D eigenvalue weighted by Crippen LogP contribution is 2.19. The van der Waals surface area contributed by atoms with Gasteiger partial charge in [0.25, 0.3) is 10.0 Å². The fourth-order valence-electron chi connectivity index (χ4n) is 0.900. The van der Waals surface area contributed by atoms with Crippen LogP contribution in [0.25, 0.3) is 0 Å². The fourth-order valence-corrected chi connectivity index (χ4v) is 3.34. The maximum absolute atomic E-state index is 11.9. The number of nitrogens with one attached hydrogen (secondary N) is 1. The van der Waals surface area contributed by atoms with Gasteiger partial charge in [0.1, 0.15) is 0 Å². The molecule has 0 amide bonds. The molecule has 1 aromatic heterocycles. The number of hydrogen-bond donors (Lipinski definition) is 2.